The van der Waals surface area contributed by atoms with Gasteiger partial charge in [0.2, 0.25) is 0 Å². The van der Waals surface area contributed by atoms with Crippen LogP contribution in [-0.2, 0) is 4.74 Å². The maximum Gasteiger partial charge on any atom is 0.146 e. The summed E-state index contributed by atoms with van der Waals surface area (Å²) in [6, 6.07) is 4.55. The molecule has 0 saturated heterocycles. The molecule has 3 N–H and O–H groups in total. The normalized spacial score (nSPS) is 14.3. The predicted molar refractivity (Wildman–Crippen MR) is 70.2 cm³/mol. The Morgan fingerprint density at radius 2 is 2.17 bits per heavy atom. The molecule has 0 bridgehead atoms. The van der Waals surface area contributed by atoms with Crippen LogP contribution in [0.25, 0.3) is 0 Å². The lowest BCUT2D eigenvalue weighted by Crippen LogP contribution is -2.33. The summed E-state index contributed by atoms with van der Waals surface area (Å²) in [6.07, 6.45) is -0.666. The quantitative estimate of drug-likeness (QED) is 0.805. The van der Waals surface area contributed by atoms with Crippen LogP contribution in [0.1, 0.15) is 18.5 Å². The fourth-order valence-electron chi connectivity index (χ4n) is 1.95. The average Bonchev–Trinajstić information content (AvgIpc) is 2.28. The van der Waals surface area contributed by atoms with Crippen LogP contribution in [0.2, 0.25) is 0 Å². The Balaban J connectivity index is 2.93. The number of halogens is 1. The standard InChI is InChI=1S/C13H21FN2O2/c1-9(15)11-5-4-6-12(14)13(11)16(2)7-10(17)8-18-3/h4-6,9-10,17H,7-8,15H2,1-3H3/t9-,10?/m0/s1. The molecule has 5 heteroatoms. The van der Waals surface area contributed by atoms with E-state index in [9.17, 15) is 9.50 Å². The largest absolute Gasteiger partial charge is 0.389 e. The number of para-hydroxylation sites is 1. The fourth-order valence-corrected chi connectivity index (χ4v) is 1.95. The van der Waals surface area contributed by atoms with Crippen LogP contribution < -0.4 is 10.6 Å². The van der Waals surface area contributed by atoms with Crippen molar-refractivity contribution in [2.24, 2.45) is 5.73 Å². The highest BCUT2D eigenvalue weighted by molar-refractivity contribution is 5.55. The summed E-state index contributed by atoms with van der Waals surface area (Å²) >= 11 is 0. The lowest BCUT2D eigenvalue weighted by molar-refractivity contribution is 0.0694. The Kier molecular flexibility index (Phi) is 5.53. The summed E-state index contributed by atoms with van der Waals surface area (Å²) < 4.78 is 18.7. The molecule has 1 rings (SSSR count). The molecule has 1 aromatic carbocycles. The SMILES string of the molecule is COCC(O)CN(C)c1c(F)cccc1[C@H](C)N. The maximum absolute atomic E-state index is 13.9. The Morgan fingerprint density at radius 1 is 1.50 bits per heavy atom. The number of aliphatic hydroxyl groups is 1. The molecule has 0 radical (unpaired) electrons. The van der Waals surface area contributed by atoms with Gasteiger partial charge in [0.15, 0.2) is 0 Å². The number of rotatable bonds is 6. The Labute approximate surface area is 107 Å². The lowest BCUT2D eigenvalue weighted by atomic mass is 10.1. The molecule has 0 aliphatic carbocycles. The molecule has 0 spiro atoms. The molecular formula is C13H21FN2O2. The van der Waals surface area contributed by atoms with Crippen LogP contribution in [0.5, 0.6) is 0 Å². The van der Waals surface area contributed by atoms with E-state index in [1.165, 1.54) is 13.2 Å². The van der Waals surface area contributed by atoms with Gasteiger partial charge in [-0.25, -0.2) is 4.39 Å². The number of ether oxygens (including phenoxy) is 1. The molecular weight excluding hydrogens is 235 g/mol. The highest BCUT2D eigenvalue weighted by Crippen LogP contribution is 2.27. The van der Waals surface area contributed by atoms with E-state index in [-0.39, 0.29) is 25.0 Å². The Morgan fingerprint density at radius 3 is 2.72 bits per heavy atom. The third kappa shape index (κ3) is 3.66. The maximum atomic E-state index is 13.9. The summed E-state index contributed by atoms with van der Waals surface area (Å²) in [7, 11) is 3.24. The van der Waals surface area contributed by atoms with E-state index in [4.69, 9.17) is 10.5 Å². The van der Waals surface area contributed by atoms with Gasteiger partial charge in [-0.2, -0.15) is 0 Å². The van der Waals surface area contributed by atoms with Gasteiger partial charge in [-0.05, 0) is 18.6 Å². The zero-order chi connectivity index (χ0) is 13.7. The first-order valence-electron chi connectivity index (χ1n) is 5.89. The lowest BCUT2D eigenvalue weighted by Gasteiger charge is -2.26. The van der Waals surface area contributed by atoms with E-state index >= 15 is 0 Å². The van der Waals surface area contributed by atoms with Gasteiger partial charge >= 0.3 is 0 Å². The van der Waals surface area contributed by atoms with E-state index in [2.05, 4.69) is 0 Å². The minimum absolute atomic E-state index is 0.215. The number of nitrogens with zero attached hydrogens (tertiary/aromatic N) is 1. The molecule has 1 unspecified atom stereocenters. The third-order valence-corrected chi connectivity index (χ3v) is 2.73. The summed E-state index contributed by atoms with van der Waals surface area (Å²) in [5.41, 5.74) is 6.99. The molecule has 18 heavy (non-hydrogen) atoms. The summed E-state index contributed by atoms with van der Waals surface area (Å²) in [4.78, 5) is 1.66. The van der Waals surface area contributed by atoms with Crippen molar-refractivity contribution in [1.29, 1.82) is 0 Å². The second-order valence-corrected chi connectivity index (χ2v) is 4.46. The molecule has 0 aliphatic rings. The average molecular weight is 256 g/mol. The van der Waals surface area contributed by atoms with E-state index in [0.29, 0.717) is 5.69 Å². The Bertz CT molecular complexity index is 385. The molecule has 0 aromatic heterocycles. The summed E-state index contributed by atoms with van der Waals surface area (Å²) in [5.74, 6) is -0.336. The Hall–Kier alpha value is -1.17. The molecule has 4 nitrogen and oxygen atoms in total. The number of likely N-dealkylation sites (N-methyl/N-ethyl adjacent to an activating group) is 1. The van der Waals surface area contributed by atoms with E-state index in [1.54, 1.807) is 31.0 Å². The zero-order valence-corrected chi connectivity index (χ0v) is 11.1. The van der Waals surface area contributed by atoms with Crippen molar-refractivity contribution in [1.82, 2.24) is 0 Å². The molecule has 0 saturated carbocycles. The second kappa shape index (κ2) is 6.68. The number of hydrogen-bond donors (Lipinski definition) is 2. The van der Waals surface area contributed by atoms with Crippen molar-refractivity contribution >= 4 is 5.69 Å². The fraction of sp³-hybridized carbons (Fsp3) is 0.538. The molecule has 1 aromatic rings. The van der Waals surface area contributed by atoms with Crippen LogP contribution in [0.15, 0.2) is 18.2 Å². The smallest absolute Gasteiger partial charge is 0.146 e. The van der Waals surface area contributed by atoms with E-state index in [0.717, 1.165) is 5.56 Å². The summed E-state index contributed by atoms with van der Waals surface area (Å²) in [6.45, 7) is 2.30. The first kappa shape index (κ1) is 14.9. The van der Waals surface area contributed by atoms with Crippen molar-refractivity contribution in [3.63, 3.8) is 0 Å². The second-order valence-electron chi connectivity index (χ2n) is 4.46. The van der Waals surface area contributed by atoms with Gasteiger partial charge in [0.25, 0.3) is 0 Å². The molecule has 0 fully saturated rings. The monoisotopic (exact) mass is 256 g/mol. The minimum Gasteiger partial charge on any atom is -0.389 e. The van der Waals surface area contributed by atoms with Crippen molar-refractivity contribution < 1.29 is 14.2 Å². The van der Waals surface area contributed by atoms with Crippen LogP contribution >= 0.6 is 0 Å². The van der Waals surface area contributed by atoms with Crippen LogP contribution in [0.3, 0.4) is 0 Å². The number of hydrogen-bond acceptors (Lipinski definition) is 4. The van der Waals surface area contributed by atoms with Gasteiger partial charge in [0, 0.05) is 26.7 Å². The van der Waals surface area contributed by atoms with Crippen molar-refractivity contribution in [2.45, 2.75) is 19.1 Å². The number of methoxy groups -OCH3 is 1. The topological polar surface area (TPSA) is 58.7 Å². The summed E-state index contributed by atoms with van der Waals surface area (Å²) in [5, 5.41) is 9.68. The van der Waals surface area contributed by atoms with E-state index in [1.807, 2.05) is 0 Å². The molecule has 0 heterocycles. The number of anilines is 1. The van der Waals surface area contributed by atoms with Gasteiger partial charge in [-0.1, -0.05) is 12.1 Å². The first-order valence-corrected chi connectivity index (χ1v) is 5.89. The molecule has 102 valence electrons. The number of benzene rings is 1. The highest BCUT2D eigenvalue weighted by Gasteiger charge is 2.17. The van der Waals surface area contributed by atoms with Crippen molar-refractivity contribution in [3.05, 3.63) is 29.6 Å². The van der Waals surface area contributed by atoms with Gasteiger partial charge in [0.05, 0.1) is 18.4 Å². The van der Waals surface area contributed by atoms with Crippen molar-refractivity contribution in [2.75, 3.05) is 32.2 Å². The van der Waals surface area contributed by atoms with Crippen LogP contribution in [-0.4, -0.2) is 38.5 Å². The van der Waals surface area contributed by atoms with E-state index < -0.39 is 6.10 Å². The van der Waals surface area contributed by atoms with Gasteiger partial charge in [0.1, 0.15) is 5.82 Å². The predicted octanol–water partition coefficient (Wildman–Crippen LogP) is 1.29. The number of nitrogens with two attached hydrogens (primary N) is 1. The number of aliphatic hydroxyl groups excluding tert-OH is 1. The zero-order valence-electron chi connectivity index (χ0n) is 11.1. The van der Waals surface area contributed by atoms with Crippen LogP contribution in [0.4, 0.5) is 10.1 Å². The van der Waals surface area contributed by atoms with Crippen LogP contribution in [0, 0.1) is 5.82 Å². The molecule has 0 aliphatic heterocycles. The minimum atomic E-state index is -0.666. The molecule has 2 atom stereocenters. The van der Waals surface area contributed by atoms with Gasteiger partial charge in [-0.3, -0.25) is 0 Å². The third-order valence-electron chi connectivity index (χ3n) is 2.73. The van der Waals surface area contributed by atoms with Gasteiger partial charge in [-0.15, -0.1) is 0 Å². The molecule has 0 amide bonds. The first-order chi connectivity index (χ1) is 8.47. The van der Waals surface area contributed by atoms with Gasteiger partial charge < -0.3 is 20.5 Å². The highest BCUT2D eigenvalue weighted by atomic mass is 19.1. The van der Waals surface area contributed by atoms with Crippen molar-refractivity contribution in [3.8, 4) is 0 Å².